The molecule has 1 fully saturated rings. The van der Waals surface area contributed by atoms with Gasteiger partial charge in [-0.1, -0.05) is 18.2 Å². The minimum absolute atomic E-state index is 0. The Morgan fingerprint density at radius 3 is 2.50 bits per heavy atom. The minimum atomic E-state index is -2.83. The number of alkyl halides is 2. The molecule has 0 unspecified atom stereocenters. The molecule has 3 aromatic rings. The van der Waals surface area contributed by atoms with Crippen molar-refractivity contribution in [2.24, 2.45) is 0 Å². The van der Waals surface area contributed by atoms with Crippen molar-refractivity contribution < 1.29 is 13.5 Å². The highest BCUT2D eigenvalue weighted by molar-refractivity contribution is 5.85. The highest BCUT2D eigenvalue weighted by Gasteiger charge is 2.13. The van der Waals surface area contributed by atoms with E-state index in [4.69, 9.17) is 0 Å². The summed E-state index contributed by atoms with van der Waals surface area (Å²) < 4.78 is 28.8. The second kappa shape index (κ2) is 9.12. The predicted molar refractivity (Wildman–Crippen MR) is 106 cm³/mol. The summed E-state index contributed by atoms with van der Waals surface area (Å²) in [4.78, 5) is 6.99. The summed E-state index contributed by atoms with van der Waals surface area (Å²) in [6.45, 7) is 0.415. The zero-order valence-corrected chi connectivity index (χ0v) is 16.0. The number of ether oxygens (including phenoxy) is 1. The van der Waals surface area contributed by atoms with Crippen molar-refractivity contribution >= 4 is 12.4 Å². The molecule has 0 aliphatic carbocycles. The van der Waals surface area contributed by atoms with Crippen molar-refractivity contribution in [1.29, 1.82) is 0 Å². The van der Waals surface area contributed by atoms with E-state index in [1.165, 1.54) is 30.5 Å². The second-order valence-electron chi connectivity index (χ2n) is 6.59. The fourth-order valence-corrected chi connectivity index (χ4v) is 3.32. The molecule has 1 aliphatic rings. The van der Waals surface area contributed by atoms with Gasteiger partial charge in [-0.15, -0.1) is 12.4 Å². The zero-order chi connectivity index (χ0) is 18.6. The first-order chi connectivity index (χ1) is 13.2. The molecule has 8 heteroatoms. The number of aromatic nitrogens is 3. The van der Waals surface area contributed by atoms with Gasteiger partial charge in [0.15, 0.2) is 11.6 Å². The number of hydrogen-bond donors (Lipinski definition) is 1. The number of nitrogens with zero attached hydrogens (tertiary/aromatic N) is 3. The van der Waals surface area contributed by atoms with Crippen molar-refractivity contribution in [1.82, 2.24) is 20.1 Å². The van der Waals surface area contributed by atoms with E-state index in [1.807, 2.05) is 12.1 Å². The van der Waals surface area contributed by atoms with Gasteiger partial charge in [0.2, 0.25) is 0 Å². The molecule has 0 amide bonds. The van der Waals surface area contributed by atoms with Gasteiger partial charge in [-0.05, 0) is 61.8 Å². The molecular weight excluding hydrogens is 386 g/mol. The van der Waals surface area contributed by atoms with Gasteiger partial charge >= 0.3 is 6.61 Å². The minimum Gasteiger partial charge on any atom is -0.435 e. The normalized spacial score (nSPS) is 14.2. The third-order valence-corrected chi connectivity index (χ3v) is 4.63. The number of rotatable bonds is 6. The van der Waals surface area contributed by atoms with Crippen LogP contribution in [0.3, 0.4) is 0 Å². The molecule has 5 nitrogen and oxygen atoms in total. The number of likely N-dealkylation sites (tertiary alicyclic amines) is 1. The SMILES string of the molecule is Cl.FC(F)Oc1ccc(-c2nc(-c3cccc(CN4CCCC4)c3)n[nH]2)cc1. The number of hydrogen-bond acceptors (Lipinski definition) is 4. The molecule has 28 heavy (non-hydrogen) atoms. The van der Waals surface area contributed by atoms with Gasteiger partial charge in [0, 0.05) is 17.7 Å². The lowest BCUT2D eigenvalue weighted by atomic mass is 10.1. The molecule has 2 aromatic carbocycles. The van der Waals surface area contributed by atoms with Gasteiger partial charge < -0.3 is 4.74 Å². The van der Waals surface area contributed by atoms with Crippen LogP contribution in [-0.4, -0.2) is 39.8 Å². The fourth-order valence-electron chi connectivity index (χ4n) is 3.32. The molecule has 0 atom stereocenters. The lowest BCUT2D eigenvalue weighted by Gasteiger charge is -2.14. The molecule has 1 aromatic heterocycles. The molecule has 4 rings (SSSR count). The Morgan fingerprint density at radius 1 is 1.04 bits per heavy atom. The third kappa shape index (κ3) is 4.85. The molecule has 0 spiro atoms. The van der Waals surface area contributed by atoms with Gasteiger partial charge in [0.05, 0.1) is 0 Å². The van der Waals surface area contributed by atoms with Crippen LogP contribution in [0.1, 0.15) is 18.4 Å². The molecule has 1 aliphatic heterocycles. The van der Waals surface area contributed by atoms with Gasteiger partial charge in [-0.25, -0.2) is 4.98 Å². The number of halogens is 3. The summed E-state index contributed by atoms with van der Waals surface area (Å²) in [6, 6.07) is 14.6. The van der Waals surface area contributed by atoms with Gasteiger partial charge in [-0.2, -0.15) is 13.9 Å². The molecule has 1 N–H and O–H groups in total. The summed E-state index contributed by atoms with van der Waals surface area (Å²) in [6.07, 6.45) is 2.54. The van der Waals surface area contributed by atoms with Crippen LogP contribution in [-0.2, 0) is 6.54 Å². The maximum absolute atomic E-state index is 12.2. The first-order valence-corrected chi connectivity index (χ1v) is 8.97. The molecule has 0 saturated carbocycles. The summed E-state index contributed by atoms with van der Waals surface area (Å²) in [5.41, 5.74) is 2.95. The Balaban J connectivity index is 0.00000225. The molecule has 0 radical (unpaired) electrons. The van der Waals surface area contributed by atoms with Crippen LogP contribution in [0.2, 0.25) is 0 Å². The monoisotopic (exact) mass is 406 g/mol. The van der Waals surface area contributed by atoms with Gasteiger partial charge in [0.25, 0.3) is 0 Å². The molecule has 1 saturated heterocycles. The summed E-state index contributed by atoms with van der Waals surface area (Å²) in [7, 11) is 0. The van der Waals surface area contributed by atoms with Crippen LogP contribution in [0.4, 0.5) is 8.78 Å². The Morgan fingerprint density at radius 2 is 1.79 bits per heavy atom. The average molecular weight is 407 g/mol. The first kappa shape index (κ1) is 20.2. The van der Waals surface area contributed by atoms with E-state index in [-0.39, 0.29) is 18.2 Å². The standard InChI is InChI=1S/C20H20F2N4O.ClH/c21-20(22)27-17-8-6-15(7-9-17)18-23-19(25-24-18)16-5-3-4-14(12-16)13-26-10-1-2-11-26;/h3-9,12,20H,1-2,10-11,13H2,(H,23,24,25);1H. The van der Waals surface area contributed by atoms with E-state index in [9.17, 15) is 8.78 Å². The molecule has 148 valence electrons. The summed E-state index contributed by atoms with van der Waals surface area (Å²) in [5.74, 6) is 1.31. The average Bonchev–Trinajstić information content (AvgIpc) is 3.34. The number of nitrogens with one attached hydrogen (secondary N) is 1. The second-order valence-corrected chi connectivity index (χ2v) is 6.59. The van der Waals surface area contributed by atoms with Crippen LogP contribution in [0.15, 0.2) is 48.5 Å². The smallest absolute Gasteiger partial charge is 0.387 e. The van der Waals surface area contributed by atoms with E-state index in [1.54, 1.807) is 12.1 Å². The Bertz CT molecular complexity index is 895. The number of aromatic amines is 1. The van der Waals surface area contributed by atoms with Crippen molar-refractivity contribution in [2.45, 2.75) is 26.0 Å². The van der Waals surface area contributed by atoms with E-state index < -0.39 is 6.61 Å². The highest BCUT2D eigenvalue weighted by Crippen LogP contribution is 2.24. The quantitative estimate of drug-likeness (QED) is 0.641. The van der Waals surface area contributed by atoms with Gasteiger partial charge in [0.1, 0.15) is 5.75 Å². The van der Waals surface area contributed by atoms with Crippen molar-refractivity contribution in [2.75, 3.05) is 13.1 Å². The molecular formula is C20H21ClF2N4O. The van der Waals surface area contributed by atoms with E-state index in [2.05, 4.69) is 37.0 Å². The van der Waals surface area contributed by atoms with E-state index >= 15 is 0 Å². The van der Waals surface area contributed by atoms with Crippen LogP contribution in [0.5, 0.6) is 5.75 Å². The van der Waals surface area contributed by atoms with E-state index in [0.29, 0.717) is 11.6 Å². The summed E-state index contributed by atoms with van der Waals surface area (Å²) >= 11 is 0. The fraction of sp³-hybridized carbons (Fsp3) is 0.300. The highest BCUT2D eigenvalue weighted by atomic mass is 35.5. The van der Waals surface area contributed by atoms with Crippen LogP contribution >= 0.6 is 12.4 Å². The summed E-state index contributed by atoms with van der Waals surface area (Å²) in [5, 5.41) is 7.22. The third-order valence-electron chi connectivity index (χ3n) is 4.63. The predicted octanol–water partition coefficient (Wildman–Crippen LogP) is 4.76. The lowest BCUT2D eigenvalue weighted by Crippen LogP contribution is -2.18. The van der Waals surface area contributed by atoms with Crippen molar-refractivity contribution in [3.8, 4) is 28.5 Å². The van der Waals surface area contributed by atoms with Crippen LogP contribution < -0.4 is 4.74 Å². The first-order valence-electron chi connectivity index (χ1n) is 8.97. The van der Waals surface area contributed by atoms with Gasteiger partial charge in [-0.3, -0.25) is 10.00 Å². The number of H-pyrrole nitrogens is 1. The maximum Gasteiger partial charge on any atom is 0.387 e. The van der Waals surface area contributed by atoms with Crippen LogP contribution in [0.25, 0.3) is 22.8 Å². The van der Waals surface area contributed by atoms with Crippen molar-refractivity contribution in [3.05, 3.63) is 54.1 Å². The van der Waals surface area contributed by atoms with Crippen molar-refractivity contribution in [3.63, 3.8) is 0 Å². The van der Waals surface area contributed by atoms with E-state index in [0.717, 1.165) is 30.8 Å². The molecule has 2 heterocycles. The Kier molecular flexibility index (Phi) is 6.59. The largest absolute Gasteiger partial charge is 0.435 e. The number of benzene rings is 2. The lowest BCUT2D eigenvalue weighted by molar-refractivity contribution is -0.0498. The Labute approximate surface area is 168 Å². The van der Waals surface area contributed by atoms with Crippen LogP contribution in [0, 0.1) is 0 Å². The maximum atomic E-state index is 12.2. The topological polar surface area (TPSA) is 54.0 Å². The molecule has 0 bridgehead atoms. The zero-order valence-electron chi connectivity index (χ0n) is 15.1. The Hall–Kier alpha value is -2.51.